The fraction of sp³-hybridized carbons (Fsp3) is 0.222. The molecule has 0 aliphatic carbocycles. The number of rotatable bonds is 9. The summed E-state index contributed by atoms with van der Waals surface area (Å²) in [4.78, 5) is 22.3. The maximum Gasteiger partial charge on any atom is 0.305 e. The van der Waals surface area contributed by atoms with E-state index in [1.807, 2.05) is 18.2 Å². The lowest BCUT2D eigenvalue weighted by molar-refractivity contribution is -0.138. The molecule has 0 spiro atoms. The highest BCUT2D eigenvalue weighted by molar-refractivity contribution is 8.15. The summed E-state index contributed by atoms with van der Waals surface area (Å²) in [6.07, 6.45) is 5.40. The second-order valence-corrected chi connectivity index (χ2v) is 6.49. The van der Waals surface area contributed by atoms with Crippen LogP contribution in [-0.2, 0) is 16.0 Å². The van der Waals surface area contributed by atoms with Crippen LogP contribution in [0.1, 0.15) is 17.5 Å². The number of hydrogen-bond donors (Lipinski definition) is 2. The Kier molecular flexibility index (Phi) is 7.16. The lowest BCUT2D eigenvalue weighted by Gasteiger charge is -2.09. The zero-order chi connectivity index (χ0) is 18.9. The van der Waals surface area contributed by atoms with Crippen molar-refractivity contribution in [1.29, 1.82) is 0 Å². The van der Waals surface area contributed by atoms with E-state index in [1.165, 1.54) is 0 Å². The number of amides is 1. The average molecular weight is 373 g/mol. The number of carbonyl (C=O) groups excluding carboxylic acids is 1. The third-order valence-corrected chi connectivity index (χ3v) is 4.37. The number of nitrogens with one attached hydrogen (secondary N) is 1. The van der Waals surface area contributed by atoms with Crippen LogP contribution in [0.4, 0.5) is 0 Å². The summed E-state index contributed by atoms with van der Waals surface area (Å²) in [5, 5.41) is 18.8. The third-order valence-electron chi connectivity index (χ3n) is 3.30. The predicted molar refractivity (Wildman–Crippen MR) is 103 cm³/mol. The van der Waals surface area contributed by atoms with Crippen molar-refractivity contribution in [2.45, 2.75) is 18.1 Å². The highest BCUT2D eigenvalue weighted by Gasteiger charge is 2.32. The summed E-state index contributed by atoms with van der Waals surface area (Å²) in [5.74, 6) is -0.650. The molecule has 1 aromatic carbocycles. The summed E-state index contributed by atoms with van der Waals surface area (Å²) in [6, 6.07) is 5.59. The Morgan fingerprint density at radius 1 is 1.38 bits per heavy atom. The van der Waals surface area contributed by atoms with Crippen molar-refractivity contribution in [1.82, 2.24) is 5.32 Å². The van der Waals surface area contributed by atoms with E-state index in [9.17, 15) is 9.59 Å². The molecule has 1 aliphatic rings. The molecule has 2 rings (SSSR count). The first kappa shape index (κ1) is 19.5. The van der Waals surface area contributed by atoms with Crippen molar-refractivity contribution < 1.29 is 19.4 Å². The molecule has 1 aromatic rings. The van der Waals surface area contributed by atoms with E-state index in [0.717, 1.165) is 28.6 Å². The minimum absolute atomic E-state index is 0.254. The highest BCUT2D eigenvalue weighted by atomic mass is 32.2. The summed E-state index contributed by atoms with van der Waals surface area (Å²) in [7, 11) is 0. The first-order valence-corrected chi connectivity index (χ1v) is 8.69. The van der Waals surface area contributed by atoms with E-state index in [-0.39, 0.29) is 17.5 Å². The summed E-state index contributed by atoms with van der Waals surface area (Å²) in [6.45, 7) is 7.78. The Hall–Kier alpha value is -2.87. The summed E-state index contributed by atoms with van der Waals surface area (Å²) >= 11 is 1.06. The van der Waals surface area contributed by atoms with Crippen LogP contribution < -0.4 is 10.1 Å². The Bertz CT molecular complexity index is 774. The maximum absolute atomic E-state index is 11.6. The Balaban J connectivity index is 2.06. The van der Waals surface area contributed by atoms with Gasteiger partial charge in [-0.1, -0.05) is 30.5 Å². The van der Waals surface area contributed by atoms with Crippen LogP contribution in [0.15, 0.2) is 53.7 Å². The van der Waals surface area contributed by atoms with Crippen molar-refractivity contribution in [3.8, 4) is 5.75 Å². The van der Waals surface area contributed by atoms with Crippen molar-refractivity contribution in [3.63, 3.8) is 0 Å². The molecule has 1 fully saturated rings. The van der Waals surface area contributed by atoms with Gasteiger partial charge in [-0.15, -0.1) is 11.7 Å². The topological polar surface area (TPSA) is 100 Å². The van der Waals surface area contributed by atoms with Crippen LogP contribution >= 0.6 is 11.8 Å². The van der Waals surface area contributed by atoms with Crippen LogP contribution in [0.3, 0.4) is 0 Å². The molecular weight excluding hydrogens is 354 g/mol. The molecule has 1 atom stereocenters. The molecule has 1 amide bonds. The molecular formula is C18H19N3O4S. The number of thioether (sulfide) groups is 1. The number of carboxylic acid groups (broad SMARTS) is 1. The molecule has 0 aromatic heterocycles. The summed E-state index contributed by atoms with van der Waals surface area (Å²) < 4.78 is 5.60. The van der Waals surface area contributed by atoms with Gasteiger partial charge in [0.15, 0.2) is 5.17 Å². The molecule has 0 saturated carbocycles. The fourth-order valence-corrected chi connectivity index (χ4v) is 3.09. The van der Waals surface area contributed by atoms with Crippen LogP contribution in [0.2, 0.25) is 0 Å². The number of ether oxygens (including phenoxy) is 1. The molecule has 1 heterocycles. The number of allylic oxidation sites excluding steroid dienone is 1. The van der Waals surface area contributed by atoms with E-state index < -0.39 is 11.2 Å². The Labute approximate surface area is 155 Å². The van der Waals surface area contributed by atoms with Crippen LogP contribution in [0.5, 0.6) is 5.75 Å². The Morgan fingerprint density at radius 2 is 2.19 bits per heavy atom. The van der Waals surface area contributed by atoms with Gasteiger partial charge in [-0.2, -0.15) is 5.10 Å². The SMILES string of the molecule is C=CCOc1ccc(C=NN=C2NC(=O)C(CC(=O)O)S2)cc1CC=C. The van der Waals surface area contributed by atoms with Crippen molar-refractivity contribution in [2.75, 3.05) is 6.61 Å². The van der Waals surface area contributed by atoms with Gasteiger partial charge in [0.25, 0.3) is 0 Å². The lowest BCUT2D eigenvalue weighted by Crippen LogP contribution is -2.26. The molecule has 0 bridgehead atoms. The molecule has 1 unspecified atom stereocenters. The van der Waals surface area contributed by atoms with Crippen LogP contribution in [-0.4, -0.2) is 40.2 Å². The zero-order valence-electron chi connectivity index (χ0n) is 14.1. The van der Waals surface area contributed by atoms with Crippen molar-refractivity contribution in [2.24, 2.45) is 10.2 Å². The number of carboxylic acids is 1. The fourth-order valence-electron chi connectivity index (χ4n) is 2.18. The second-order valence-electron chi connectivity index (χ2n) is 5.30. The normalized spacial score (nSPS) is 18.1. The minimum Gasteiger partial charge on any atom is -0.489 e. The number of hydrogen-bond acceptors (Lipinski definition) is 6. The lowest BCUT2D eigenvalue weighted by atomic mass is 10.1. The third kappa shape index (κ3) is 5.59. The van der Waals surface area contributed by atoms with Gasteiger partial charge in [0, 0.05) is 0 Å². The highest BCUT2D eigenvalue weighted by Crippen LogP contribution is 2.23. The minimum atomic E-state index is -1.03. The molecule has 8 heteroatoms. The van der Waals surface area contributed by atoms with Gasteiger partial charge >= 0.3 is 5.97 Å². The van der Waals surface area contributed by atoms with E-state index in [2.05, 4.69) is 28.7 Å². The number of amidine groups is 1. The largest absolute Gasteiger partial charge is 0.489 e. The molecule has 1 aliphatic heterocycles. The standard InChI is InChI=1S/C18H19N3O4S/c1-3-5-13-9-12(6-7-14(13)25-8-4-2)11-19-21-18-20-17(24)15(26-18)10-16(22)23/h3-4,6-7,9,11,15H,1-2,5,8,10H2,(H,22,23)(H,20,21,24). The molecule has 7 nitrogen and oxygen atoms in total. The van der Waals surface area contributed by atoms with E-state index in [1.54, 1.807) is 18.4 Å². The number of carbonyl (C=O) groups is 2. The summed E-state index contributed by atoms with van der Waals surface area (Å²) in [5.41, 5.74) is 1.78. The van der Waals surface area contributed by atoms with E-state index in [0.29, 0.717) is 13.0 Å². The number of benzene rings is 1. The molecule has 1 saturated heterocycles. The van der Waals surface area contributed by atoms with E-state index >= 15 is 0 Å². The molecule has 136 valence electrons. The monoisotopic (exact) mass is 373 g/mol. The van der Waals surface area contributed by atoms with Crippen LogP contribution in [0.25, 0.3) is 0 Å². The first-order valence-electron chi connectivity index (χ1n) is 7.81. The molecule has 2 N–H and O–H groups in total. The van der Waals surface area contributed by atoms with Gasteiger partial charge in [-0.05, 0) is 35.7 Å². The van der Waals surface area contributed by atoms with Gasteiger partial charge in [-0.3, -0.25) is 9.59 Å². The predicted octanol–water partition coefficient (Wildman–Crippen LogP) is 2.38. The smallest absolute Gasteiger partial charge is 0.305 e. The van der Waals surface area contributed by atoms with Crippen molar-refractivity contribution >= 4 is 35.0 Å². The second kappa shape index (κ2) is 9.57. The van der Waals surface area contributed by atoms with Gasteiger partial charge < -0.3 is 15.2 Å². The number of nitrogens with zero attached hydrogens (tertiary/aromatic N) is 2. The van der Waals surface area contributed by atoms with Gasteiger partial charge in [0.1, 0.15) is 17.6 Å². The first-order chi connectivity index (χ1) is 12.5. The van der Waals surface area contributed by atoms with Crippen LogP contribution in [0, 0.1) is 0 Å². The van der Waals surface area contributed by atoms with E-state index in [4.69, 9.17) is 9.84 Å². The molecule has 0 radical (unpaired) electrons. The Morgan fingerprint density at radius 3 is 2.88 bits per heavy atom. The zero-order valence-corrected chi connectivity index (χ0v) is 14.9. The van der Waals surface area contributed by atoms with Gasteiger partial charge in [-0.25, -0.2) is 0 Å². The maximum atomic E-state index is 11.6. The quantitative estimate of drug-likeness (QED) is 0.393. The average Bonchev–Trinajstić information content (AvgIpc) is 2.93. The van der Waals surface area contributed by atoms with Gasteiger partial charge in [0.05, 0.1) is 12.6 Å². The molecule has 26 heavy (non-hydrogen) atoms. The van der Waals surface area contributed by atoms with Crippen molar-refractivity contribution in [3.05, 3.63) is 54.6 Å². The van der Waals surface area contributed by atoms with Gasteiger partial charge in [0.2, 0.25) is 5.91 Å². The number of aliphatic carboxylic acids is 1.